The van der Waals surface area contributed by atoms with Crippen molar-refractivity contribution in [2.24, 2.45) is 7.05 Å². The predicted octanol–water partition coefficient (Wildman–Crippen LogP) is 4.85. The standard InChI is InChI=1S/C26H29F3N4O3S/c1-31-23-17-32(16-22(23)25(30-31)26(27,28)29)24(34)11-6-10-20-9-4-5-14-33(20)37(35,36)21-13-12-18-7-2-3-8-19(18)15-21/h2-3,7-8,12-13,15,20H,4-6,9-11,14,16-17H2,1H3. The molecule has 5 rings (SSSR count). The minimum atomic E-state index is -4.56. The number of benzene rings is 2. The van der Waals surface area contributed by atoms with Gasteiger partial charge in [-0.1, -0.05) is 36.8 Å². The second kappa shape index (κ2) is 9.75. The summed E-state index contributed by atoms with van der Waals surface area (Å²) < 4.78 is 69.7. The zero-order valence-corrected chi connectivity index (χ0v) is 21.4. The molecular weight excluding hydrogens is 505 g/mol. The van der Waals surface area contributed by atoms with Crippen molar-refractivity contribution < 1.29 is 26.4 Å². The van der Waals surface area contributed by atoms with E-state index in [9.17, 15) is 26.4 Å². The Morgan fingerprint density at radius 1 is 1.08 bits per heavy atom. The van der Waals surface area contributed by atoms with Gasteiger partial charge in [0.15, 0.2) is 5.69 Å². The van der Waals surface area contributed by atoms with Gasteiger partial charge in [0.25, 0.3) is 0 Å². The quantitative estimate of drug-likeness (QED) is 0.453. The van der Waals surface area contributed by atoms with Crippen molar-refractivity contribution in [3.63, 3.8) is 0 Å². The summed E-state index contributed by atoms with van der Waals surface area (Å²) in [6, 6.07) is 12.5. The van der Waals surface area contributed by atoms with Crippen molar-refractivity contribution in [2.45, 2.75) is 68.7 Å². The van der Waals surface area contributed by atoms with Crippen LogP contribution in [0.3, 0.4) is 0 Å². The number of piperidine rings is 1. The predicted molar refractivity (Wildman–Crippen MR) is 132 cm³/mol. The van der Waals surface area contributed by atoms with Gasteiger partial charge < -0.3 is 4.90 Å². The fraction of sp³-hybridized carbons (Fsp3) is 0.462. The lowest BCUT2D eigenvalue weighted by molar-refractivity contribution is -0.143. The van der Waals surface area contributed by atoms with Gasteiger partial charge in [0, 0.05) is 31.6 Å². The highest BCUT2D eigenvalue weighted by Crippen LogP contribution is 2.37. The Hall–Kier alpha value is -2.92. The number of aromatic nitrogens is 2. The van der Waals surface area contributed by atoms with Crippen molar-refractivity contribution in [1.82, 2.24) is 19.0 Å². The average molecular weight is 535 g/mol. The molecule has 1 amide bonds. The third-order valence-corrected chi connectivity index (χ3v) is 9.36. The van der Waals surface area contributed by atoms with E-state index in [0.717, 1.165) is 30.0 Å². The molecule has 0 aliphatic carbocycles. The van der Waals surface area contributed by atoms with Crippen LogP contribution in [0, 0.1) is 0 Å². The lowest BCUT2D eigenvalue weighted by Gasteiger charge is -2.35. The summed E-state index contributed by atoms with van der Waals surface area (Å²) in [6.45, 7) is 0.421. The van der Waals surface area contributed by atoms with Crippen LogP contribution in [0.1, 0.15) is 55.5 Å². The van der Waals surface area contributed by atoms with Crippen LogP contribution in [0.15, 0.2) is 47.4 Å². The van der Waals surface area contributed by atoms with E-state index in [2.05, 4.69) is 5.10 Å². The lowest BCUT2D eigenvalue weighted by Crippen LogP contribution is -2.43. The Morgan fingerprint density at radius 3 is 2.59 bits per heavy atom. The zero-order chi connectivity index (χ0) is 26.4. The molecule has 2 aliphatic rings. The van der Waals surface area contributed by atoms with Gasteiger partial charge in [0.2, 0.25) is 15.9 Å². The molecule has 1 saturated heterocycles. The molecule has 3 aromatic rings. The molecule has 7 nitrogen and oxygen atoms in total. The second-order valence-corrected chi connectivity index (χ2v) is 11.7. The third kappa shape index (κ3) is 4.98. The Morgan fingerprint density at radius 2 is 1.84 bits per heavy atom. The summed E-state index contributed by atoms with van der Waals surface area (Å²) in [7, 11) is -2.25. The summed E-state index contributed by atoms with van der Waals surface area (Å²) in [4.78, 5) is 14.5. The van der Waals surface area contributed by atoms with Crippen LogP contribution in [0.5, 0.6) is 0 Å². The summed E-state index contributed by atoms with van der Waals surface area (Å²) in [5, 5.41) is 5.41. The van der Waals surface area contributed by atoms with Crippen molar-refractivity contribution >= 4 is 26.7 Å². The van der Waals surface area contributed by atoms with Crippen molar-refractivity contribution in [2.75, 3.05) is 6.54 Å². The first-order chi connectivity index (χ1) is 17.6. The molecule has 0 radical (unpaired) electrons. The number of fused-ring (bicyclic) bond motifs is 2. The van der Waals surface area contributed by atoms with Crippen molar-refractivity contribution in [3.05, 3.63) is 59.4 Å². The number of alkyl halides is 3. The molecular formula is C26H29F3N4O3S. The highest BCUT2D eigenvalue weighted by Gasteiger charge is 2.42. The maximum absolute atomic E-state index is 13.5. The van der Waals surface area contributed by atoms with E-state index in [1.54, 1.807) is 16.4 Å². The average Bonchev–Trinajstić information content (AvgIpc) is 3.44. The monoisotopic (exact) mass is 534 g/mol. The molecule has 0 N–H and O–H groups in total. The van der Waals surface area contributed by atoms with Crippen LogP contribution in [0.4, 0.5) is 13.2 Å². The van der Waals surface area contributed by atoms with Gasteiger partial charge in [-0.2, -0.15) is 22.6 Å². The van der Waals surface area contributed by atoms with Crippen LogP contribution in [0.2, 0.25) is 0 Å². The first-order valence-electron chi connectivity index (χ1n) is 12.5. The van der Waals surface area contributed by atoms with E-state index in [-0.39, 0.29) is 41.9 Å². The maximum atomic E-state index is 13.5. The Bertz CT molecular complexity index is 1430. The van der Waals surface area contributed by atoms with E-state index in [4.69, 9.17) is 0 Å². The normalized spacial score (nSPS) is 18.9. The van der Waals surface area contributed by atoms with Gasteiger partial charge >= 0.3 is 6.18 Å². The molecule has 11 heteroatoms. The number of carbonyl (C=O) groups is 1. The van der Waals surface area contributed by atoms with Crippen LogP contribution in [0.25, 0.3) is 10.8 Å². The van der Waals surface area contributed by atoms with Crippen molar-refractivity contribution in [1.29, 1.82) is 0 Å². The van der Waals surface area contributed by atoms with Gasteiger partial charge in [0.05, 0.1) is 23.7 Å². The number of sulfonamides is 1. The largest absolute Gasteiger partial charge is 0.435 e. The van der Waals surface area contributed by atoms with Gasteiger partial charge in [-0.05, 0) is 48.6 Å². The fourth-order valence-electron chi connectivity index (χ4n) is 5.49. The van der Waals surface area contributed by atoms with Crippen LogP contribution >= 0.6 is 0 Å². The molecule has 1 fully saturated rings. The number of nitrogens with zero attached hydrogens (tertiary/aromatic N) is 4. The summed E-state index contributed by atoms with van der Waals surface area (Å²) >= 11 is 0. The van der Waals surface area contributed by atoms with E-state index < -0.39 is 21.9 Å². The number of hydrogen-bond acceptors (Lipinski definition) is 4. The van der Waals surface area contributed by atoms with Crippen LogP contribution < -0.4 is 0 Å². The van der Waals surface area contributed by atoms with E-state index in [0.29, 0.717) is 25.1 Å². The SMILES string of the molecule is Cn1nc(C(F)(F)F)c2c1CN(C(=O)CCCC1CCCCN1S(=O)(=O)c1ccc3ccccc3c1)C2. The van der Waals surface area contributed by atoms with Gasteiger partial charge in [-0.25, -0.2) is 8.42 Å². The molecule has 1 atom stereocenters. The molecule has 0 spiro atoms. The fourth-order valence-corrected chi connectivity index (χ4v) is 7.25. The van der Waals surface area contributed by atoms with Crippen molar-refractivity contribution in [3.8, 4) is 0 Å². The van der Waals surface area contributed by atoms with Gasteiger partial charge in [-0.15, -0.1) is 0 Å². The number of rotatable bonds is 6. The number of aryl methyl sites for hydroxylation is 1. The summed E-state index contributed by atoms with van der Waals surface area (Å²) in [5.74, 6) is -0.232. The number of hydrogen-bond donors (Lipinski definition) is 0. The third-order valence-electron chi connectivity index (χ3n) is 7.41. The zero-order valence-electron chi connectivity index (χ0n) is 20.5. The summed E-state index contributed by atoms with van der Waals surface area (Å²) in [6.07, 6.45) is -1.01. The summed E-state index contributed by atoms with van der Waals surface area (Å²) in [5.41, 5.74) is -0.471. The molecule has 1 aromatic heterocycles. The Kier molecular flexibility index (Phi) is 6.78. The Balaban J connectivity index is 1.23. The highest BCUT2D eigenvalue weighted by atomic mass is 32.2. The lowest BCUT2D eigenvalue weighted by atomic mass is 9.99. The smallest absolute Gasteiger partial charge is 0.332 e. The molecule has 2 aliphatic heterocycles. The molecule has 0 bridgehead atoms. The van der Waals surface area contributed by atoms with Crippen LogP contribution in [-0.4, -0.2) is 45.9 Å². The Labute approximate surface area is 213 Å². The minimum Gasteiger partial charge on any atom is -0.332 e. The van der Waals surface area contributed by atoms with Gasteiger partial charge in [0.1, 0.15) is 0 Å². The molecule has 2 aromatic carbocycles. The van der Waals surface area contributed by atoms with Crippen LogP contribution in [-0.2, 0) is 41.1 Å². The minimum absolute atomic E-state index is 0.0586. The molecule has 37 heavy (non-hydrogen) atoms. The first-order valence-corrected chi connectivity index (χ1v) is 13.9. The highest BCUT2D eigenvalue weighted by molar-refractivity contribution is 7.89. The molecule has 1 unspecified atom stereocenters. The molecule has 198 valence electrons. The van der Waals surface area contributed by atoms with E-state index >= 15 is 0 Å². The maximum Gasteiger partial charge on any atom is 0.435 e. The number of halogens is 3. The number of carbonyl (C=O) groups excluding carboxylic acids is 1. The molecule has 0 saturated carbocycles. The molecule has 3 heterocycles. The van der Waals surface area contributed by atoms with E-state index in [1.165, 1.54) is 16.6 Å². The topological polar surface area (TPSA) is 75.5 Å². The first kappa shape index (κ1) is 25.7. The number of amides is 1. The second-order valence-electron chi connectivity index (χ2n) is 9.81. The van der Waals surface area contributed by atoms with Gasteiger partial charge in [-0.3, -0.25) is 9.48 Å². The van der Waals surface area contributed by atoms with E-state index in [1.807, 2.05) is 30.3 Å².